The van der Waals surface area contributed by atoms with Gasteiger partial charge >= 0.3 is 5.97 Å². The molecule has 0 spiro atoms. The maximum Gasteiger partial charge on any atom is 0.319 e. The molecule has 0 radical (unpaired) electrons. The predicted octanol–water partition coefficient (Wildman–Crippen LogP) is 0.291. The van der Waals surface area contributed by atoms with Gasteiger partial charge in [0.2, 0.25) is 11.8 Å². The molecule has 0 saturated heterocycles. The second-order valence-electron chi connectivity index (χ2n) is 6.89. The molecule has 0 aliphatic rings. The lowest BCUT2D eigenvalue weighted by Gasteiger charge is -2.22. The molecule has 0 fully saturated rings. The van der Waals surface area contributed by atoms with E-state index in [0.29, 0.717) is 6.54 Å². The molecule has 2 rings (SSSR count). The summed E-state index contributed by atoms with van der Waals surface area (Å²) in [7, 11) is 2.83. The lowest BCUT2D eigenvalue weighted by molar-refractivity contribution is -0.142. The van der Waals surface area contributed by atoms with Crippen LogP contribution in [0.5, 0.6) is 0 Å². The highest BCUT2D eigenvalue weighted by Crippen LogP contribution is 2.04. The zero-order valence-corrected chi connectivity index (χ0v) is 17.4. The molecule has 9 heteroatoms. The van der Waals surface area contributed by atoms with Crippen molar-refractivity contribution in [1.82, 2.24) is 25.5 Å². The number of rotatable bonds is 12. The SMILES string of the molecule is CNC(=O)[C@H](Cc1cnc[nH]1)NC(=O)CN(CCCc1ccccc1)CC(=O)OC. The van der Waals surface area contributed by atoms with E-state index >= 15 is 0 Å². The third-order valence-electron chi connectivity index (χ3n) is 4.61. The highest BCUT2D eigenvalue weighted by atomic mass is 16.5. The van der Waals surface area contributed by atoms with E-state index < -0.39 is 12.0 Å². The van der Waals surface area contributed by atoms with Gasteiger partial charge in [0.15, 0.2) is 0 Å². The van der Waals surface area contributed by atoms with Gasteiger partial charge in [-0.05, 0) is 24.9 Å². The number of imidazole rings is 1. The maximum absolute atomic E-state index is 12.6. The van der Waals surface area contributed by atoms with E-state index in [1.807, 2.05) is 30.3 Å². The third kappa shape index (κ3) is 8.04. The van der Waals surface area contributed by atoms with Crippen molar-refractivity contribution >= 4 is 17.8 Å². The average Bonchev–Trinajstić information content (AvgIpc) is 3.26. The maximum atomic E-state index is 12.6. The van der Waals surface area contributed by atoms with Gasteiger partial charge in [0.25, 0.3) is 0 Å². The zero-order valence-electron chi connectivity index (χ0n) is 17.4. The van der Waals surface area contributed by atoms with Gasteiger partial charge in [-0.3, -0.25) is 19.3 Å². The molecule has 0 aliphatic heterocycles. The molecule has 162 valence electrons. The number of nitrogens with zero attached hydrogens (tertiary/aromatic N) is 2. The minimum atomic E-state index is -0.743. The van der Waals surface area contributed by atoms with Gasteiger partial charge in [-0.1, -0.05) is 30.3 Å². The number of aromatic nitrogens is 2. The number of carbonyl (C=O) groups excluding carboxylic acids is 3. The number of esters is 1. The Bertz CT molecular complexity index is 795. The minimum Gasteiger partial charge on any atom is -0.468 e. The lowest BCUT2D eigenvalue weighted by atomic mass is 10.1. The molecule has 1 aromatic carbocycles. The Morgan fingerprint density at radius 2 is 1.97 bits per heavy atom. The third-order valence-corrected chi connectivity index (χ3v) is 4.61. The number of H-pyrrole nitrogens is 1. The van der Waals surface area contributed by atoms with Crippen LogP contribution in [0.2, 0.25) is 0 Å². The van der Waals surface area contributed by atoms with Crippen LogP contribution < -0.4 is 10.6 Å². The Labute approximate surface area is 176 Å². The highest BCUT2D eigenvalue weighted by Gasteiger charge is 2.22. The van der Waals surface area contributed by atoms with Gasteiger partial charge in [-0.15, -0.1) is 0 Å². The summed E-state index contributed by atoms with van der Waals surface area (Å²) in [6.07, 6.45) is 5.02. The summed E-state index contributed by atoms with van der Waals surface area (Å²) in [5, 5.41) is 5.30. The molecule has 1 aromatic heterocycles. The summed E-state index contributed by atoms with van der Waals surface area (Å²) in [5.41, 5.74) is 1.93. The molecule has 0 aliphatic carbocycles. The van der Waals surface area contributed by atoms with Crippen LogP contribution in [0.3, 0.4) is 0 Å². The highest BCUT2D eigenvalue weighted by molar-refractivity contribution is 5.88. The molecule has 3 N–H and O–H groups in total. The molecule has 2 amide bonds. The predicted molar refractivity (Wildman–Crippen MR) is 112 cm³/mol. The number of aromatic amines is 1. The van der Waals surface area contributed by atoms with Crippen molar-refractivity contribution in [3.8, 4) is 0 Å². The topological polar surface area (TPSA) is 116 Å². The van der Waals surface area contributed by atoms with Crippen molar-refractivity contribution in [2.45, 2.75) is 25.3 Å². The van der Waals surface area contributed by atoms with Crippen LogP contribution >= 0.6 is 0 Å². The fourth-order valence-electron chi connectivity index (χ4n) is 3.06. The summed E-state index contributed by atoms with van der Waals surface area (Å²) in [6, 6.07) is 9.26. The number of ether oxygens (including phenoxy) is 1. The molecule has 1 heterocycles. The molecule has 0 unspecified atom stereocenters. The standard InChI is InChI=1S/C21H29N5O4/c1-22-21(29)18(11-17-12-23-15-24-17)25-19(27)13-26(14-20(28)30-2)10-6-9-16-7-4-3-5-8-16/h3-5,7-8,12,15,18H,6,9-11,13-14H2,1-2H3,(H,22,29)(H,23,24)(H,25,27)/t18-/m0/s1. The summed E-state index contributed by atoms with van der Waals surface area (Å²) in [6.45, 7) is 0.535. The largest absolute Gasteiger partial charge is 0.468 e. The quantitative estimate of drug-likeness (QED) is 0.429. The van der Waals surface area contributed by atoms with E-state index in [1.54, 1.807) is 11.1 Å². The summed E-state index contributed by atoms with van der Waals surface area (Å²) < 4.78 is 4.75. The minimum absolute atomic E-state index is 0.00387. The van der Waals surface area contributed by atoms with E-state index in [-0.39, 0.29) is 31.3 Å². The number of benzene rings is 1. The smallest absolute Gasteiger partial charge is 0.319 e. The lowest BCUT2D eigenvalue weighted by Crippen LogP contribution is -2.50. The van der Waals surface area contributed by atoms with Crippen molar-refractivity contribution in [3.05, 3.63) is 54.1 Å². The normalized spacial score (nSPS) is 11.7. The van der Waals surface area contributed by atoms with E-state index in [0.717, 1.165) is 18.5 Å². The molecular formula is C21H29N5O4. The number of hydrogen-bond acceptors (Lipinski definition) is 6. The number of hydrogen-bond donors (Lipinski definition) is 3. The molecule has 0 saturated carbocycles. The van der Waals surface area contributed by atoms with E-state index in [1.165, 1.54) is 26.0 Å². The van der Waals surface area contributed by atoms with E-state index in [2.05, 4.69) is 20.6 Å². The van der Waals surface area contributed by atoms with Crippen LogP contribution in [-0.4, -0.2) is 72.5 Å². The molecule has 0 bridgehead atoms. The van der Waals surface area contributed by atoms with Gasteiger partial charge in [0, 0.05) is 25.4 Å². The average molecular weight is 415 g/mol. The fraction of sp³-hybridized carbons (Fsp3) is 0.429. The van der Waals surface area contributed by atoms with Crippen LogP contribution in [0.15, 0.2) is 42.9 Å². The van der Waals surface area contributed by atoms with Gasteiger partial charge in [0.05, 0.1) is 26.5 Å². The monoisotopic (exact) mass is 415 g/mol. The Balaban J connectivity index is 1.93. The van der Waals surface area contributed by atoms with Crippen molar-refractivity contribution < 1.29 is 19.1 Å². The molecule has 9 nitrogen and oxygen atoms in total. The van der Waals surface area contributed by atoms with Gasteiger partial charge in [0.1, 0.15) is 6.04 Å². The van der Waals surface area contributed by atoms with Crippen LogP contribution in [-0.2, 0) is 32.0 Å². The second-order valence-corrected chi connectivity index (χ2v) is 6.89. The molecular weight excluding hydrogens is 386 g/mol. The van der Waals surface area contributed by atoms with Gasteiger partial charge in [-0.2, -0.15) is 0 Å². The first-order chi connectivity index (χ1) is 14.5. The summed E-state index contributed by atoms with van der Waals surface area (Å²) in [5.74, 6) is -1.06. The second kappa shape index (κ2) is 12.4. The Morgan fingerprint density at radius 1 is 1.20 bits per heavy atom. The molecule has 2 aromatic rings. The van der Waals surface area contributed by atoms with E-state index in [4.69, 9.17) is 4.74 Å². The van der Waals surface area contributed by atoms with Gasteiger partial charge in [-0.25, -0.2) is 4.98 Å². The first-order valence-electron chi connectivity index (χ1n) is 9.83. The first-order valence-corrected chi connectivity index (χ1v) is 9.83. The number of amides is 2. The molecule has 1 atom stereocenters. The summed E-state index contributed by atoms with van der Waals surface area (Å²) in [4.78, 5) is 45.1. The zero-order chi connectivity index (χ0) is 21.8. The van der Waals surface area contributed by atoms with Crippen LogP contribution in [0, 0.1) is 0 Å². The van der Waals surface area contributed by atoms with Crippen molar-refractivity contribution in [2.75, 3.05) is 33.8 Å². The van der Waals surface area contributed by atoms with E-state index in [9.17, 15) is 14.4 Å². The summed E-state index contributed by atoms with van der Waals surface area (Å²) >= 11 is 0. The first kappa shape index (κ1) is 23.1. The Hall–Kier alpha value is -3.20. The Morgan fingerprint density at radius 3 is 2.60 bits per heavy atom. The van der Waals surface area contributed by atoms with Gasteiger partial charge < -0.3 is 20.4 Å². The number of methoxy groups -OCH3 is 1. The van der Waals surface area contributed by atoms with Crippen LogP contribution in [0.25, 0.3) is 0 Å². The Kier molecular flexibility index (Phi) is 9.53. The van der Waals surface area contributed by atoms with Crippen LogP contribution in [0.4, 0.5) is 0 Å². The van der Waals surface area contributed by atoms with Crippen LogP contribution in [0.1, 0.15) is 17.7 Å². The number of nitrogens with one attached hydrogen (secondary N) is 3. The van der Waals surface area contributed by atoms with Crippen molar-refractivity contribution in [3.63, 3.8) is 0 Å². The number of carbonyl (C=O) groups is 3. The van der Waals surface area contributed by atoms with Crippen molar-refractivity contribution in [1.29, 1.82) is 0 Å². The number of likely N-dealkylation sites (N-methyl/N-ethyl adjacent to an activating group) is 1. The fourth-order valence-corrected chi connectivity index (χ4v) is 3.06. The number of aryl methyl sites for hydroxylation is 1. The van der Waals surface area contributed by atoms with Crippen molar-refractivity contribution in [2.24, 2.45) is 0 Å². The molecule has 30 heavy (non-hydrogen) atoms.